The fourth-order valence-electron chi connectivity index (χ4n) is 2.68. The quantitative estimate of drug-likeness (QED) is 0.190. The lowest BCUT2D eigenvalue weighted by molar-refractivity contribution is -0.136. The van der Waals surface area contributed by atoms with Crippen molar-refractivity contribution in [3.63, 3.8) is 0 Å². The highest BCUT2D eigenvalue weighted by Crippen LogP contribution is 2.16. The number of nitrogens with one attached hydrogen (secondary N) is 2. The highest BCUT2D eigenvalue weighted by Gasteiger charge is 2.13. The van der Waals surface area contributed by atoms with E-state index in [0.717, 1.165) is 5.56 Å². The zero-order valence-corrected chi connectivity index (χ0v) is 18.2. The maximum Gasteiger partial charge on any atom is 0.343 e. The predicted octanol–water partition coefficient (Wildman–Crippen LogP) is 3.70. The van der Waals surface area contributed by atoms with Crippen LogP contribution in [0.4, 0.5) is 5.69 Å². The maximum absolute atomic E-state index is 12.2. The molecule has 0 saturated carbocycles. The van der Waals surface area contributed by atoms with E-state index in [2.05, 4.69) is 15.8 Å². The van der Waals surface area contributed by atoms with E-state index in [1.165, 1.54) is 6.21 Å². The summed E-state index contributed by atoms with van der Waals surface area (Å²) in [4.78, 5) is 36.0. The minimum absolute atomic E-state index is 0.372. The van der Waals surface area contributed by atoms with Gasteiger partial charge in [-0.3, -0.25) is 9.59 Å². The molecule has 2 amide bonds. The van der Waals surface area contributed by atoms with E-state index < -0.39 is 17.8 Å². The number of hydrogen-bond acceptors (Lipinski definition) is 6. The van der Waals surface area contributed by atoms with Crippen molar-refractivity contribution in [2.75, 3.05) is 11.9 Å². The Morgan fingerprint density at radius 1 is 0.848 bits per heavy atom. The van der Waals surface area contributed by atoms with Crippen LogP contribution in [0, 0.1) is 6.92 Å². The molecule has 0 bridgehead atoms. The van der Waals surface area contributed by atoms with Crippen LogP contribution in [0.25, 0.3) is 0 Å². The molecule has 8 heteroatoms. The molecule has 0 atom stereocenters. The number of hydrogen-bond donors (Lipinski definition) is 2. The van der Waals surface area contributed by atoms with Crippen molar-refractivity contribution in [1.29, 1.82) is 0 Å². The third kappa shape index (κ3) is 7.03. The van der Waals surface area contributed by atoms with E-state index in [9.17, 15) is 14.4 Å². The van der Waals surface area contributed by atoms with Gasteiger partial charge in [0.2, 0.25) is 0 Å². The number of esters is 1. The molecule has 0 aromatic heterocycles. The second-order valence-corrected chi connectivity index (χ2v) is 6.94. The van der Waals surface area contributed by atoms with Crippen LogP contribution in [0.3, 0.4) is 0 Å². The number of hydrazone groups is 1. The first-order valence-electron chi connectivity index (χ1n) is 10.2. The molecule has 0 aliphatic heterocycles. The number of carbonyl (C=O) groups is 3. The van der Waals surface area contributed by atoms with Gasteiger partial charge in [-0.05, 0) is 80.1 Å². The zero-order chi connectivity index (χ0) is 23.6. The maximum atomic E-state index is 12.2. The Morgan fingerprint density at radius 3 is 2.12 bits per heavy atom. The number of anilines is 1. The van der Waals surface area contributed by atoms with Gasteiger partial charge in [-0.2, -0.15) is 5.10 Å². The Bertz CT molecular complexity index is 1140. The molecule has 0 radical (unpaired) electrons. The molecule has 0 heterocycles. The first-order chi connectivity index (χ1) is 15.9. The third-order valence-corrected chi connectivity index (χ3v) is 4.39. The molecular formula is C25H23N3O5. The summed E-state index contributed by atoms with van der Waals surface area (Å²) in [5.74, 6) is -1.18. The van der Waals surface area contributed by atoms with E-state index in [1.54, 1.807) is 60.7 Å². The lowest BCUT2D eigenvalue weighted by Crippen LogP contribution is -2.32. The minimum atomic E-state index is -0.913. The van der Waals surface area contributed by atoms with Gasteiger partial charge >= 0.3 is 17.8 Å². The summed E-state index contributed by atoms with van der Waals surface area (Å²) >= 11 is 0. The molecule has 3 rings (SSSR count). The topological polar surface area (TPSA) is 106 Å². The van der Waals surface area contributed by atoms with Gasteiger partial charge < -0.3 is 14.8 Å². The van der Waals surface area contributed by atoms with Crippen LogP contribution >= 0.6 is 0 Å². The average molecular weight is 445 g/mol. The molecule has 0 aliphatic rings. The summed E-state index contributed by atoms with van der Waals surface area (Å²) < 4.78 is 10.7. The lowest BCUT2D eigenvalue weighted by atomic mass is 10.1. The fraction of sp³-hybridized carbons (Fsp3) is 0.120. The molecule has 3 aromatic carbocycles. The van der Waals surface area contributed by atoms with Crippen molar-refractivity contribution < 1.29 is 23.9 Å². The van der Waals surface area contributed by atoms with Gasteiger partial charge in [0.1, 0.15) is 11.5 Å². The molecule has 0 fully saturated rings. The molecule has 3 aromatic rings. The highest BCUT2D eigenvalue weighted by atomic mass is 16.5. The van der Waals surface area contributed by atoms with Gasteiger partial charge in [0.15, 0.2) is 0 Å². The van der Waals surface area contributed by atoms with E-state index in [0.29, 0.717) is 34.9 Å². The van der Waals surface area contributed by atoms with Crippen LogP contribution in [0.1, 0.15) is 28.4 Å². The van der Waals surface area contributed by atoms with Crippen LogP contribution in [0.5, 0.6) is 11.5 Å². The van der Waals surface area contributed by atoms with E-state index in [1.807, 2.05) is 26.0 Å². The second-order valence-electron chi connectivity index (χ2n) is 6.94. The van der Waals surface area contributed by atoms with Crippen LogP contribution in [-0.2, 0) is 9.59 Å². The molecule has 2 N–H and O–H groups in total. The van der Waals surface area contributed by atoms with Crippen molar-refractivity contribution in [2.45, 2.75) is 13.8 Å². The molecular weight excluding hydrogens is 422 g/mol. The Labute approximate surface area is 191 Å². The van der Waals surface area contributed by atoms with Gasteiger partial charge in [0, 0.05) is 5.69 Å². The number of carbonyl (C=O) groups excluding carboxylic acids is 3. The Hall–Kier alpha value is -4.46. The molecule has 168 valence electrons. The summed E-state index contributed by atoms with van der Waals surface area (Å²) in [7, 11) is 0. The summed E-state index contributed by atoms with van der Waals surface area (Å²) in [6.07, 6.45) is 1.37. The second kappa shape index (κ2) is 11.2. The number of benzene rings is 3. The SMILES string of the molecule is CCOc1ccc(NC(=O)C(=O)NN=Cc2ccc(OC(=O)c3ccc(C)cc3)cc2)cc1. The molecule has 0 saturated heterocycles. The molecule has 8 nitrogen and oxygen atoms in total. The molecule has 0 aliphatic carbocycles. The highest BCUT2D eigenvalue weighted by molar-refractivity contribution is 6.39. The number of rotatable bonds is 7. The van der Waals surface area contributed by atoms with Gasteiger partial charge in [0.05, 0.1) is 18.4 Å². The van der Waals surface area contributed by atoms with Crippen LogP contribution in [-0.4, -0.2) is 30.6 Å². The van der Waals surface area contributed by atoms with Crippen molar-refractivity contribution in [1.82, 2.24) is 5.43 Å². The predicted molar refractivity (Wildman–Crippen MR) is 125 cm³/mol. The van der Waals surface area contributed by atoms with E-state index in [-0.39, 0.29) is 0 Å². The number of aryl methyl sites for hydroxylation is 1. The summed E-state index contributed by atoms with van der Waals surface area (Å²) in [6.45, 7) is 4.34. The Morgan fingerprint density at radius 2 is 1.48 bits per heavy atom. The summed E-state index contributed by atoms with van der Waals surface area (Å²) in [6, 6.07) is 20.3. The normalized spacial score (nSPS) is 10.5. The third-order valence-electron chi connectivity index (χ3n) is 4.39. The number of amides is 2. The van der Waals surface area contributed by atoms with Crippen molar-refractivity contribution in [3.05, 3.63) is 89.5 Å². The van der Waals surface area contributed by atoms with E-state index >= 15 is 0 Å². The smallest absolute Gasteiger partial charge is 0.343 e. The molecule has 0 unspecified atom stereocenters. The number of ether oxygens (including phenoxy) is 2. The largest absolute Gasteiger partial charge is 0.494 e. The Balaban J connectivity index is 1.48. The van der Waals surface area contributed by atoms with Crippen LogP contribution in [0.15, 0.2) is 77.9 Å². The van der Waals surface area contributed by atoms with Gasteiger partial charge in [-0.25, -0.2) is 10.2 Å². The Kier molecular flexibility index (Phi) is 7.91. The van der Waals surface area contributed by atoms with Crippen molar-refractivity contribution in [2.24, 2.45) is 5.10 Å². The first-order valence-corrected chi connectivity index (χ1v) is 10.2. The van der Waals surface area contributed by atoms with Gasteiger partial charge in [-0.15, -0.1) is 0 Å². The summed E-state index contributed by atoms with van der Waals surface area (Å²) in [5, 5.41) is 6.25. The summed E-state index contributed by atoms with van der Waals surface area (Å²) in [5.41, 5.74) is 4.77. The zero-order valence-electron chi connectivity index (χ0n) is 18.2. The monoisotopic (exact) mass is 445 g/mol. The number of nitrogens with zero attached hydrogens (tertiary/aromatic N) is 1. The fourth-order valence-corrected chi connectivity index (χ4v) is 2.68. The molecule has 33 heavy (non-hydrogen) atoms. The van der Waals surface area contributed by atoms with Gasteiger partial charge in [0.25, 0.3) is 0 Å². The van der Waals surface area contributed by atoms with Crippen LogP contribution < -0.4 is 20.2 Å². The standard InChI is InChI=1S/C25H23N3O5/c1-3-32-21-14-10-20(11-15-21)27-23(29)24(30)28-26-16-18-6-12-22(13-7-18)33-25(31)19-8-4-17(2)5-9-19/h4-16H,3H2,1-2H3,(H,27,29)(H,28,30). The van der Waals surface area contributed by atoms with Gasteiger partial charge in [-0.1, -0.05) is 17.7 Å². The minimum Gasteiger partial charge on any atom is -0.494 e. The van der Waals surface area contributed by atoms with Crippen molar-refractivity contribution >= 4 is 29.7 Å². The average Bonchev–Trinajstić information content (AvgIpc) is 2.82. The molecule has 0 spiro atoms. The van der Waals surface area contributed by atoms with Crippen LogP contribution in [0.2, 0.25) is 0 Å². The van der Waals surface area contributed by atoms with Crippen molar-refractivity contribution in [3.8, 4) is 11.5 Å². The lowest BCUT2D eigenvalue weighted by Gasteiger charge is -2.06. The van der Waals surface area contributed by atoms with E-state index in [4.69, 9.17) is 9.47 Å². The first kappa shape index (κ1) is 23.2.